The summed E-state index contributed by atoms with van der Waals surface area (Å²) in [6.45, 7) is 7.40. The van der Waals surface area contributed by atoms with E-state index in [1.54, 1.807) is 18.2 Å². The lowest BCUT2D eigenvalue weighted by Gasteiger charge is -2.13. The first-order valence-electron chi connectivity index (χ1n) is 8.95. The zero-order valence-corrected chi connectivity index (χ0v) is 14.9. The van der Waals surface area contributed by atoms with Crippen molar-refractivity contribution in [2.24, 2.45) is 11.8 Å². The number of carboxylic acid groups (broad SMARTS) is 1. The van der Waals surface area contributed by atoms with Crippen LogP contribution in [0.3, 0.4) is 0 Å². The zero-order valence-electron chi connectivity index (χ0n) is 14.9. The highest BCUT2D eigenvalue weighted by Gasteiger charge is 2.10. The summed E-state index contributed by atoms with van der Waals surface area (Å²) in [5.41, 5.74) is 0.241. The fourth-order valence-corrected chi connectivity index (χ4v) is 2.68. The minimum absolute atomic E-state index is 0.241. The van der Waals surface area contributed by atoms with E-state index in [4.69, 9.17) is 9.84 Å². The van der Waals surface area contributed by atoms with Gasteiger partial charge in [-0.2, -0.15) is 0 Å². The third kappa shape index (κ3) is 8.63. The fourth-order valence-electron chi connectivity index (χ4n) is 2.68. The summed E-state index contributed by atoms with van der Waals surface area (Å²) in [6.07, 6.45) is 8.83. The van der Waals surface area contributed by atoms with Crippen LogP contribution in [-0.4, -0.2) is 17.7 Å². The van der Waals surface area contributed by atoms with E-state index in [1.165, 1.54) is 38.5 Å². The van der Waals surface area contributed by atoms with Crippen molar-refractivity contribution in [1.29, 1.82) is 0 Å². The number of benzene rings is 1. The maximum absolute atomic E-state index is 11.1. The molecule has 0 aliphatic heterocycles. The Morgan fingerprint density at radius 2 is 1.65 bits per heavy atom. The largest absolute Gasteiger partial charge is 0.493 e. The quantitative estimate of drug-likeness (QED) is 0.496. The molecule has 23 heavy (non-hydrogen) atoms. The number of para-hydroxylation sites is 1. The highest BCUT2D eigenvalue weighted by molar-refractivity contribution is 5.90. The van der Waals surface area contributed by atoms with Crippen molar-refractivity contribution >= 4 is 5.97 Å². The first kappa shape index (κ1) is 19.5. The number of unbranched alkanes of at least 4 members (excludes halogenated alkanes) is 3. The van der Waals surface area contributed by atoms with Crippen LogP contribution in [-0.2, 0) is 0 Å². The second kappa shape index (κ2) is 11.1. The molecule has 1 rings (SSSR count). The van der Waals surface area contributed by atoms with E-state index in [-0.39, 0.29) is 5.56 Å². The van der Waals surface area contributed by atoms with Crippen molar-refractivity contribution < 1.29 is 14.6 Å². The number of aromatic carboxylic acids is 1. The number of hydrogen-bond donors (Lipinski definition) is 1. The maximum Gasteiger partial charge on any atom is 0.339 e. The molecule has 0 saturated carbocycles. The normalized spacial score (nSPS) is 12.3. The highest BCUT2D eigenvalue weighted by atomic mass is 16.5. The fraction of sp³-hybridized carbons (Fsp3) is 0.650. The molecule has 0 fully saturated rings. The van der Waals surface area contributed by atoms with Gasteiger partial charge in [0.1, 0.15) is 11.3 Å². The molecule has 1 N–H and O–H groups in total. The predicted octanol–water partition coefficient (Wildman–Crippen LogP) is 5.79. The highest BCUT2D eigenvalue weighted by Crippen LogP contribution is 2.20. The third-order valence-corrected chi connectivity index (χ3v) is 4.21. The van der Waals surface area contributed by atoms with E-state index in [2.05, 4.69) is 20.8 Å². The van der Waals surface area contributed by atoms with Crippen LogP contribution in [0.15, 0.2) is 24.3 Å². The van der Waals surface area contributed by atoms with E-state index in [1.807, 2.05) is 6.07 Å². The summed E-state index contributed by atoms with van der Waals surface area (Å²) >= 11 is 0. The van der Waals surface area contributed by atoms with Gasteiger partial charge in [-0.25, -0.2) is 4.79 Å². The zero-order chi connectivity index (χ0) is 17.1. The molecule has 1 aromatic carbocycles. The van der Waals surface area contributed by atoms with Crippen LogP contribution in [0.1, 0.15) is 76.1 Å². The topological polar surface area (TPSA) is 46.5 Å². The molecule has 0 radical (unpaired) electrons. The van der Waals surface area contributed by atoms with E-state index in [9.17, 15) is 4.79 Å². The lowest BCUT2D eigenvalue weighted by atomic mass is 9.98. The number of carboxylic acids is 1. The lowest BCUT2D eigenvalue weighted by molar-refractivity contribution is 0.0692. The second-order valence-corrected chi connectivity index (χ2v) is 6.93. The standard InChI is InChI=1S/C20H32O3/c1-16(2)10-6-4-5-7-11-17(3)14-15-23-19-13-9-8-12-18(19)20(21)22/h8-9,12-13,16-17H,4-7,10-11,14-15H2,1-3H3,(H,21,22). The van der Waals surface area contributed by atoms with E-state index in [0.717, 1.165) is 12.3 Å². The van der Waals surface area contributed by atoms with Gasteiger partial charge in [0.2, 0.25) is 0 Å². The summed E-state index contributed by atoms with van der Waals surface area (Å²) in [4.78, 5) is 11.1. The van der Waals surface area contributed by atoms with Crippen LogP contribution in [0.4, 0.5) is 0 Å². The monoisotopic (exact) mass is 320 g/mol. The molecule has 3 heteroatoms. The Kier molecular flexibility index (Phi) is 9.42. The molecule has 0 bridgehead atoms. The summed E-state index contributed by atoms with van der Waals surface area (Å²) < 4.78 is 5.66. The summed E-state index contributed by atoms with van der Waals surface area (Å²) in [7, 11) is 0. The van der Waals surface area contributed by atoms with Crippen molar-refractivity contribution in [3.8, 4) is 5.75 Å². The molecule has 1 atom stereocenters. The number of ether oxygens (including phenoxy) is 1. The van der Waals surface area contributed by atoms with Gasteiger partial charge in [-0.3, -0.25) is 0 Å². The number of carbonyl (C=O) groups is 1. The lowest BCUT2D eigenvalue weighted by Crippen LogP contribution is -2.07. The second-order valence-electron chi connectivity index (χ2n) is 6.93. The van der Waals surface area contributed by atoms with Crippen LogP contribution in [0, 0.1) is 11.8 Å². The van der Waals surface area contributed by atoms with Gasteiger partial charge in [-0.05, 0) is 30.4 Å². The first-order valence-corrected chi connectivity index (χ1v) is 8.95. The van der Waals surface area contributed by atoms with Crippen LogP contribution >= 0.6 is 0 Å². The summed E-state index contributed by atoms with van der Waals surface area (Å²) in [6, 6.07) is 6.84. The van der Waals surface area contributed by atoms with Crippen LogP contribution < -0.4 is 4.74 Å². The molecule has 0 aromatic heterocycles. The molecule has 0 saturated heterocycles. The maximum atomic E-state index is 11.1. The SMILES string of the molecule is CC(C)CCCCCCC(C)CCOc1ccccc1C(=O)O. The molecule has 130 valence electrons. The first-order chi connectivity index (χ1) is 11.0. The van der Waals surface area contributed by atoms with Crippen molar-refractivity contribution in [1.82, 2.24) is 0 Å². The molecule has 0 aliphatic carbocycles. The Hall–Kier alpha value is -1.51. The van der Waals surface area contributed by atoms with Gasteiger partial charge in [-0.15, -0.1) is 0 Å². The van der Waals surface area contributed by atoms with Crippen LogP contribution in [0.2, 0.25) is 0 Å². The Morgan fingerprint density at radius 3 is 2.30 bits per heavy atom. The smallest absolute Gasteiger partial charge is 0.339 e. The van der Waals surface area contributed by atoms with Gasteiger partial charge >= 0.3 is 5.97 Å². The van der Waals surface area contributed by atoms with Crippen molar-refractivity contribution in [2.45, 2.75) is 65.7 Å². The van der Waals surface area contributed by atoms with Crippen LogP contribution in [0.5, 0.6) is 5.75 Å². The van der Waals surface area contributed by atoms with E-state index >= 15 is 0 Å². The summed E-state index contributed by atoms with van der Waals surface area (Å²) in [5.74, 6) is 0.979. The molecule has 1 aromatic rings. The molecule has 0 heterocycles. The third-order valence-electron chi connectivity index (χ3n) is 4.21. The number of rotatable bonds is 12. The van der Waals surface area contributed by atoms with Gasteiger partial charge in [0.15, 0.2) is 0 Å². The molecular formula is C20H32O3. The Morgan fingerprint density at radius 1 is 1.00 bits per heavy atom. The van der Waals surface area contributed by atoms with Gasteiger partial charge in [0.25, 0.3) is 0 Å². The predicted molar refractivity (Wildman–Crippen MR) is 95.2 cm³/mol. The molecule has 0 aliphatic rings. The Labute approximate surface area is 141 Å². The van der Waals surface area contributed by atoms with Crippen molar-refractivity contribution in [2.75, 3.05) is 6.61 Å². The molecule has 3 nitrogen and oxygen atoms in total. The Balaban J connectivity index is 2.15. The van der Waals surface area contributed by atoms with E-state index in [0.29, 0.717) is 18.3 Å². The average molecular weight is 320 g/mol. The average Bonchev–Trinajstić information content (AvgIpc) is 2.50. The molecule has 1 unspecified atom stereocenters. The number of hydrogen-bond acceptors (Lipinski definition) is 2. The summed E-state index contributed by atoms with van der Waals surface area (Å²) in [5, 5.41) is 9.12. The van der Waals surface area contributed by atoms with Gasteiger partial charge < -0.3 is 9.84 Å². The van der Waals surface area contributed by atoms with Gasteiger partial charge in [0.05, 0.1) is 6.61 Å². The Bertz CT molecular complexity index is 454. The minimum Gasteiger partial charge on any atom is -0.493 e. The molecular weight excluding hydrogens is 288 g/mol. The van der Waals surface area contributed by atoms with Gasteiger partial charge in [-0.1, -0.05) is 71.4 Å². The van der Waals surface area contributed by atoms with Crippen molar-refractivity contribution in [3.63, 3.8) is 0 Å². The van der Waals surface area contributed by atoms with Crippen molar-refractivity contribution in [3.05, 3.63) is 29.8 Å². The molecule has 0 amide bonds. The molecule has 0 spiro atoms. The van der Waals surface area contributed by atoms with Gasteiger partial charge in [0, 0.05) is 0 Å². The minimum atomic E-state index is -0.935. The van der Waals surface area contributed by atoms with E-state index < -0.39 is 5.97 Å². The van der Waals surface area contributed by atoms with Crippen LogP contribution in [0.25, 0.3) is 0 Å².